The molecule has 0 N–H and O–H groups in total. The lowest BCUT2D eigenvalue weighted by Crippen LogP contribution is -2.25. The predicted molar refractivity (Wildman–Crippen MR) is 48.1 cm³/mol. The molecule has 0 saturated heterocycles. The highest BCUT2D eigenvalue weighted by atomic mass is 19.2. The number of rotatable bonds is 2. The number of halogens is 3. The van der Waals surface area contributed by atoms with Crippen LogP contribution in [0.4, 0.5) is 13.0 Å². The Kier molecular flexibility index (Phi) is 3.01. The summed E-state index contributed by atoms with van der Waals surface area (Å²) in [6.07, 6.45) is 0.501. The SMILES string of the molecule is CCc1cc(C)c(F)cc1B(F)F. The van der Waals surface area contributed by atoms with E-state index in [1.807, 2.05) is 0 Å². The first-order valence-corrected chi connectivity index (χ1v) is 4.13. The van der Waals surface area contributed by atoms with Crippen molar-refractivity contribution in [2.75, 3.05) is 0 Å². The lowest BCUT2D eigenvalue weighted by atomic mass is 9.80. The second-order valence-corrected chi connectivity index (χ2v) is 2.95. The zero-order chi connectivity index (χ0) is 10.0. The van der Waals surface area contributed by atoms with Crippen molar-refractivity contribution < 1.29 is 13.0 Å². The Balaban J connectivity index is 3.25. The molecule has 0 unspecified atom stereocenters. The Morgan fingerprint density at radius 2 is 1.92 bits per heavy atom. The van der Waals surface area contributed by atoms with Gasteiger partial charge in [-0.2, -0.15) is 0 Å². The number of benzene rings is 1. The van der Waals surface area contributed by atoms with E-state index in [-0.39, 0.29) is 5.46 Å². The van der Waals surface area contributed by atoms with Gasteiger partial charge in [-0.05, 0) is 36.0 Å². The van der Waals surface area contributed by atoms with Crippen molar-refractivity contribution in [2.45, 2.75) is 20.3 Å². The van der Waals surface area contributed by atoms with Gasteiger partial charge in [-0.15, -0.1) is 0 Å². The minimum Gasteiger partial charge on any atom is -0.281 e. The molecule has 0 bridgehead atoms. The van der Waals surface area contributed by atoms with Crippen molar-refractivity contribution >= 4 is 12.7 Å². The summed E-state index contributed by atoms with van der Waals surface area (Å²) in [6, 6.07) is 2.41. The largest absolute Gasteiger partial charge is 0.572 e. The van der Waals surface area contributed by atoms with Gasteiger partial charge in [0, 0.05) is 0 Å². The molecule has 1 aromatic carbocycles. The second kappa shape index (κ2) is 3.86. The van der Waals surface area contributed by atoms with Crippen molar-refractivity contribution in [1.29, 1.82) is 0 Å². The van der Waals surface area contributed by atoms with E-state index in [9.17, 15) is 13.0 Å². The Morgan fingerprint density at radius 3 is 2.38 bits per heavy atom. The maximum Gasteiger partial charge on any atom is 0.572 e. The lowest BCUT2D eigenvalue weighted by Gasteiger charge is -2.06. The summed E-state index contributed by atoms with van der Waals surface area (Å²) in [4.78, 5) is 0. The lowest BCUT2D eigenvalue weighted by molar-refractivity contribution is 0.616. The summed E-state index contributed by atoms with van der Waals surface area (Å²) >= 11 is 0. The molecule has 0 radical (unpaired) electrons. The van der Waals surface area contributed by atoms with Crippen LogP contribution < -0.4 is 5.46 Å². The van der Waals surface area contributed by atoms with Gasteiger partial charge in [0.15, 0.2) is 0 Å². The monoisotopic (exact) mass is 186 g/mol. The molecular formula is C9H10BF3. The first-order chi connectivity index (χ1) is 6.06. The fourth-order valence-corrected chi connectivity index (χ4v) is 1.27. The van der Waals surface area contributed by atoms with Crippen molar-refractivity contribution in [3.63, 3.8) is 0 Å². The fourth-order valence-electron chi connectivity index (χ4n) is 1.27. The van der Waals surface area contributed by atoms with Crippen LogP contribution in [-0.4, -0.2) is 7.27 Å². The molecule has 0 aliphatic rings. The topological polar surface area (TPSA) is 0 Å². The van der Waals surface area contributed by atoms with E-state index in [0.29, 0.717) is 17.5 Å². The van der Waals surface area contributed by atoms with Crippen molar-refractivity contribution in [3.05, 3.63) is 29.1 Å². The van der Waals surface area contributed by atoms with Crippen LogP contribution in [0.3, 0.4) is 0 Å². The Labute approximate surface area is 75.9 Å². The summed E-state index contributed by atoms with van der Waals surface area (Å²) in [6.45, 7) is 3.35. The van der Waals surface area contributed by atoms with Gasteiger partial charge >= 0.3 is 7.27 Å². The van der Waals surface area contributed by atoms with Gasteiger partial charge in [0.05, 0.1) is 0 Å². The van der Waals surface area contributed by atoms with E-state index in [2.05, 4.69) is 0 Å². The summed E-state index contributed by atoms with van der Waals surface area (Å²) < 4.78 is 37.6. The molecule has 13 heavy (non-hydrogen) atoms. The summed E-state index contributed by atoms with van der Waals surface area (Å²) in [5.74, 6) is -0.562. The van der Waals surface area contributed by atoms with Crippen LogP contribution in [0.25, 0.3) is 0 Å². The van der Waals surface area contributed by atoms with E-state index >= 15 is 0 Å². The Morgan fingerprint density at radius 1 is 1.31 bits per heavy atom. The van der Waals surface area contributed by atoms with Crippen molar-refractivity contribution in [3.8, 4) is 0 Å². The average molecular weight is 186 g/mol. The molecule has 0 aliphatic heterocycles. The zero-order valence-corrected chi connectivity index (χ0v) is 7.57. The number of aryl methyl sites for hydroxylation is 2. The van der Waals surface area contributed by atoms with E-state index in [4.69, 9.17) is 0 Å². The van der Waals surface area contributed by atoms with Crippen LogP contribution in [-0.2, 0) is 6.42 Å². The van der Waals surface area contributed by atoms with Gasteiger partial charge in [0.2, 0.25) is 0 Å². The van der Waals surface area contributed by atoms with Crippen LogP contribution in [0.5, 0.6) is 0 Å². The quantitative estimate of drug-likeness (QED) is 0.621. The molecule has 4 heteroatoms. The van der Waals surface area contributed by atoms with E-state index < -0.39 is 13.1 Å². The molecule has 1 aromatic rings. The number of hydrogen-bond acceptors (Lipinski definition) is 0. The van der Waals surface area contributed by atoms with E-state index in [1.54, 1.807) is 13.8 Å². The van der Waals surface area contributed by atoms with Crippen LogP contribution in [0.2, 0.25) is 0 Å². The minimum absolute atomic E-state index is 0.189. The third-order valence-electron chi connectivity index (χ3n) is 2.04. The third kappa shape index (κ3) is 2.05. The number of hydrogen-bond donors (Lipinski definition) is 0. The smallest absolute Gasteiger partial charge is 0.281 e. The normalized spacial score (nSPS) is 10.2. The van der Waals surface area contributed by atoms with Crippen LogP contribution in [0.1, 0.15) is 18.1 Å². The molecule has 70 valence electrons. The maximum absolute atomic E-state index is 12.9. The standard InChI is InChI=1S/C9H10BF3/c1-3-7-4-6(2)9(11)5-8(7)10(12)13/h4-5H,3H2,1-2H3. The van der Waals surface area contributed by atoms with E-state index in [0.717, 1.165) is 6.07 Å². The highest BCUT2D eigenvalue weighted by molar-refractivity contribution is 6.60. The summed E-state index contributed by atoms with van der Waals surface area (Å²) in [5.41, 5.74) is 0.751. The van der Waals surface area contributed by atoms with Gasteiger partial charge in [0.1, 0.15) is 5.82 Å². The minimum atomic E-state index is -2.59. The average Bonchev–Trinajstić information content (AvgIpc) is 2.08. The Bertz CT molecular complexity index is 310. The summed E-state index contributed by atoms with van der Waals surface area (Å²) in [7, 11) is -2.59. The molecule has 0 saturated carbocycles. The van der Waals surface area contributed by atoms with Crippen molar-refractivity contribution in [2.24, 2.45) is 0 Å². The fraction of sp³-hybridized carbons (Fsp3) is 0.333. The molecule has 0 heterocycles. The van der Waals surface area contributed by atoms with E-state index in [1.165, 1.54) is 6.07 Å². The van der Waals surface area contributed by atoms with Gasteiger partial charge in [-0.3, -0.25) is 8.63 Å². The molecule has 0 spiro atoms. The van der Waals surface area contributed by atoms with Crippen LogP contribution in [0.15, 0.2) is 12.1 Å². The predicted octanol–water partition coefficient (Wildman–Crippen LogP) is 2.33. The summed E-state index contributed by atoms with van der Waals surface area (Å²) in [5, 5.41) is 0. The van der Waals surface area contributed by atoms with Crippen LogP contribution in [0, 0.1) is 12.7 Å². The molecule has 0 fully saturated rings. The maximum atomic E-state index is 12.9. The third-order valence-corrected chi connectivity index (χ3v) is 2.04. The molecule has 0 amide bonds. The van der Waals surface area contributed by atoms with Crippen LogP contribution >= 0.6 is 0 Å². The molecule has 0 atom stereocenters. The van der Waals surface area contributed by atoms with Crippen molar-refractivity contribution in [1.82, 2.24) is 0 Å². The molecule has 0 aliphatic carbocycles. The molecule has 1 rings (SSSR count). The highest BCUT2D eigenvalue weighted by Gasteiger charge is 2.21. The molecule has 0 nitrogen and oxygen atoms in total. The van der Waals surface area contributed by atoms with Gasteiger partial charge in [-0.25, -0.2) is 4.39 Å². The second-order valence-electron chi connectivity index (χ2n) is 2.95. The highest BCUT2D eigenvalue weighted by Crippen LogP contribution is 2.09. The molecular weight excluding hydrogens is 176 g/mol. The first-order valence-electron chi connectivity index (χ1n) is 4.13. The first kappa shape index (κ1) is 10.2. The zero-order valence-electron chi connectivity index (χ0n) is 7.57. The van der Waals surface area contributed by atoms with Gasteiger partial charge in [0.25, 0.3) is 0 Å². The van der Waals surface area contributed by atoms with Gasteiger partial charge < -0.3 is 0 Å². The van der Waals surface area contributed by atoms with Gasteiger partial charge in [-0.1, -0.05) is 13.0 Å². The molecule has 0 aromatic heterocycles. The Hall–Kier alpha value is -0.925.